The van der Waals surface area contributed by atoms with E-state index in [-0.39, 0.29) is 16.6 Å². The molecule has 3 aromatic rings. The Morgan fingerprint density at radius 1 is 1.10 bits per heavy atom. The van der Waals surface area contributed by atoms with E-state index in [1.807, 2.05) is 56.3 Å². The zero-order chi connectivity index (χ0) is 21.9. The van der Waals surface area contributed by atoms with E-state index in [2.05, 4.69) is 4.98 Å². The molecule has 160 valence electrons. The van der Waals surface area contributed by atoms with E-state index in [0.29, 0.717) is 23.7 Å². The maximum Gasteiger partial charge on any atom is 0.239 e. The van der Waals surface area contributed by atoms with Crippen molar-refractivity contribution in [2.45, 2.75) is 16.7 Å². The van der Waals surface area contributed by atoms with Crippen molar-refractivity contribution in [3.8, 4) is 0 Å². The molecule has 0 aliphatic heterocycles. The Hall–Kier alpha value is -1.94. The van der Waals surface area contributed by atoms with Crippen molar-refractivity contribution in [2.75, 3.05) is 44.1 Å². The van der Waals surface area contributed by atoms with Crippen LogP contribution in [-0.2, 0) is 14.6 Å². The van der Waals surface area contributed by atoms with Gasteiger partial charge in [-0.3, -0.25) is 9.69 Å². The molecule has 0 saturated carbocycles. The van der Waals surface area contributed by atoms with Crippen molar-refractivity contribution in [2.24, 2.45) is 0 Å². The van der Waals surface area contributed by atoms with Crippen molar-refractivity contribution < 1.29 is 13.2 Å². The fourth-order valence-electron chi connectivity index (χ4n) is 2.81. The number of hydrogen-bond acceptors (Lipinski definition) is 7. The maximum atomic E-state index is 13.1. The molecule has 0 aliphatic rings. The van der Waals surface area contributed by atoms with E-state index in [1.54, 1.807) is 17.0 Å². The lowest BCUT2D eigenvalue weighted by Gasteiger charge is -2.21. The zero-order valence-electron chi connectivity index (χ0n) is 17.5. The van der Waals surface area contributed by atoms with Crippen LogP contribution in [0.25, 0.3) is 10.2 Å². The number of sulfone groups is 1. The van der Waals surface area contributed by atoms with E-state index in [0.717, 1.165) is 9.60 Å². The largest absolute Gasteiger partial charge is 0.308 e. The monoisotopic (exact) mass is 463 g/mol. The number of fused-ring (bicyclic) bond motifs is 1. The summed E-state index contributed by atoms with van der Waals surface area (Å²) in [6.45, 7) is 3.19. The number of benzene rings is 2. The summed E-state index contributed by atoms with van der Waals surface area (Å²) in [6, 6.07) is 13.2. The van der Waals surface area contributed by atoms with Gasteiger partial charge in [0.1, 0.15) is 5.52 Å². The number of carbonyl (C=O) groups is 1. The summed E-state index contributed by atoms with van der Waals surface area (Å²) in [4.78, 5) is 22.5. The van der Waals surface area contributed by atoms with Gasteiger partial charge >= 0.3 is 0 Å². The standard InChI is InChI=1S/C21H25N3O3S3/c1-15-8-10-16(11-9-15)28-14-19(25)24(13-12-23(2)3)21-22-20-17(29-21)6-5-7-18(20)30(4,26)27/h5-11H,12-14H2,1-4H3. The second-order valence-electron chi connectivity index (χ2n) is 7.32. The smallest absolute Gasteiger partial charge is 0.239 e. The lowest BCUT2D eigenvalue weighted by molar-refractivity contribution is -0.116. The van der Waals surface area contributed by atoms with Crippen LogP contribution in [0, 0.1) is 6.92 Å². The van der Waals surface area contributed by atoms with Crippen LogP contribution < -0.4 is 4.90 Å². The van der Waals surface area contributed by atoms with Crippen molar-refractivity contribution >= 4 is 54.2 Å². The van der Waals surface area contributed by atoms with Crippen molar-refractivity contribution in [1.82, 2.24) is 9.88 Å². The molecule has 1 aromatic heterocycles. The highest BCUT2D eigenvalue weighted by Crippen LogP contribution is 2.33. The van der Waals surface area contributed by atoms with Crippen LogP contribution in [0.2, 0.25) is 0 Å². The molecule has 1 amide bonds. The summed E-state index contributed by atoms with van der Waals surface area (Å²) in [5.74, 6) is 0.230. The van der Waals surface area contributed by atoms with Gasteiger partial charge in [-0.15, -0.1) is 11.8 Å². The van der Waals surface area contributed by atoms with Crippen LogP contribution in [0.1, 0.15) is 5.56 Å². The van der Waals surface area contributed by atoms with Gasteiger partial charge in [0.15, 0.2) is 15.0 Å². The Bertz CT molecular complexity index is 1140. The Balaban J connectivity index is 1.89. The summed E-state index contributed by atoms with van der Waals surface area (Å²) in [6.07, 6.45) is 1.17. The molecular formula is C21H25N3O3S3. The van der Waals surface area contributed by atoms with Crippen LogP contribution >= 0.6 is 23.1 Å². The molecule has 0 bridgehead atoms. The van der Waals surface area contributed by atoms with Gasteiger partial charge in [0.25, 0.3) is 0 Å². The average Bonchev–Trinajstić information content (AvgIpc) is 3.10. The SMILES string of the molecule is Cc1ccc(SCC(=O)N(CCN(C)C)c2nc3c(S(C)(=O)=O)cccc3s2)cc1. The van der Waals surface area contributed by atoms with Crippen molar-refractivity contribution in [3.63, 3.8) is 0 Å². The van der Waals surface area contributed by atoms with E-state index in [1.165, 1.54) is 34.9 Å². The number of anilines is 1. The number of aryl methyl sites for hydroxylation is 1. The van der Waals surface area contributed by atoms with Gasteiger partial charge in [0.05, 0.1) is 15.3 Å². The molecule has 0 saturated heterocycles. The Kier molecular flexibility index (Phi) is 7.18. The highest BCUT2D eigenvalue weighted by molar-refractivity contribution is 8.00. The second-order valence-corrected chi connectivity index (χ2v) is 11.4. The number of thioether (sulfide) groups is 1. The number of rotatable bonds is 8. The van der Waals surface area contributed by atoms with Crippen LogP contribution in [0.15, 0.2) is 52.3 Å². The molecule has 0 spiro atoms. The van der Waals surface area contributed by atoms with Gasteiger partial charge in [0.2, 0.25) is 5.91 Å². The minimum Gasteiger partial charge on any atom is -0.308 e. The van der Waals surface area contributed by atoms with E-state index in [9.17, 15) is 13.2 Å². The molecule has 0 aliphatic carbocycles. The molecule has 0 radical (unpaired) electrons. The summed E-state index contributed by atoms with van der Waals surface area (Å²) >= 11 is 2.83. The number of thiazole rings is 1. The van der Waals surface area contributed by atoms with Crippen LogP contribution in [0.3, 0.4) is 0 Å². The summed E-state index contributed by atoms with van der Waals surface area (Å²) in [5, 5.41) is 0.525. The van der Waals surface area contributed by atoms with Gasteiger partial charge in [-0.1, -0.05) is 35.1 Å². The quantitative estimate of drug-likeness (QED) is 0.475. The number of carbonyl (C=O) groups excluding carboxylic acids is 1. The molecule has 0 fully saturated rings. The summed E-state index contributed by atoms with van der Waals surface area (Å²) in [5.41, 5.74) is 1.60. The van der Waals surface area contributed by atoms with Crippen LogP contribution in [0.4, 0.5) is 5.13 Å². The van der Waals surface area contributed by atoms with E-state index in [4.69, 9.17) is 0 Å². The predicted molar refractivity (Wildman–Crippen MR) is 126 cm³/mol. The third-order valence-electron chi connectivity index (χ3n) is 4.46. The van der Waals surface area contributed by atoms with Gasteiger partial charge < -0.3 is 4.90 Å². The molecule has 1 heterocycles. The molecule has 2 aromatic carbocycles. The van der Waals surface area contributed by atoms with Gasteiger partial charge in [-0.2, -0.15) is 0 Å². The Labute approximate surface area is 185 Å². The van der Waals surface area contributed by atoms with E-state index < -0.39 is 9.84 Å². The highest BCUT2D eigenvalue weighted by Gasteiger charge is 2.22. The number of likely N-dealkylation sites (N-methyl/N-ethyl adjacent to an activating group) is 1. The Morgan fingerprint density at radius 2 is 1.80 bits per heavy atom. The van der Waals surface area contributed by atoms with Crippen LogP contribution in [-0.4, -0.2) is 63.4 Å². The number of para-hydroxylation sites is 1. The normalized spacial score (nSPS) is 11.9. The minimum absolute atomic E-state index is 0.0533. The number of aromatic nitrogens is 1. The molecule has 9 heteroatoms. The molecular weight excluding hydrogens is 438 g/mol. The first-order valence-corrected chi connectivity index (χ1v) is 13.1. The second kappa shape index (κ2) is 9.47. The number of hydrogen-bond donors (Lipinski definition) is 0. The maximum absolute atomic E-state index is 13.1. The average molecular weight is 464 g/mol. The van der Waals surface area contributed by atoms with Crippen LogP contribution in [0.5, 0.6) is 0 Å². The molecule has 0 N–H and O–H groups in total. The lowest BCUT2D eigenvalue weighted by atomic mass is 10.2. The van der Waals surface area contributed by atoms with E-state index >= 15 is 0 Å². The summed E-state index contributed by atoms with van der Waals surface area (Å²) in [7, 11) is 0.487. The first kappa shape index (κ1) is 22.7. The lowest BCUT2D eigenvalue weighted by Crippen LogP contribution is -2.37. The number of amides is 1. The van der Waals surface area contributed by atoms with Gasteiger partial charge in [0, 0.05) is 24.2 Å². The third kappa shape index (κ3) is 5.60. The third-order valence-corrected chi connectivity index (χ3v) is 7.62. The van der Waals surface area contributed by atoms with Crippen molar-refractivity contribution in [3.05, 3.63) is 48.0 Å². The highest BCUT2D eigenvalue weighted by atomic mass is 32.2. The predicted octanol–water partition coefficient (Wildman–Crippen LogP) is 3.70. The molecule has 6 nitrogen and oxygen atoms in total. The zero-order valence-corrected chi connectivity index (χ0v) is 19.9. The molecule has 3 rings (SSSR count). The first-order chi connectivity index (χ1) is 14.1. The fourth-order valence-corrected chi connectivity index (χ4v) is 5.52. The van der Waals surface area contributed by atoms with Gasteiger partial charge in [-0.05, 0) is 45.3 Å². The summed E-state index contributed by atoms with van der Waals surface area (Å²) < 4.78 is 25.0. The first-order valence-electron chi connectivity index (χ1n) is 9.39. The fraction of sp³-hybridized carbons (Fsp3) is 0.333. The molecule has 0 unspecified atom stereocenters. The topological polar surface area (TPSA) is 70.6 Å². The minimum atomic E-state index is -3.41. The Morgan fingerprint density at radius 3 is 2.43 bits per heavy atom. The van der Waals surface area contributed by atoms with Gasteiger partial charge in [-0.25, -0.2) is 13.4 Å². The molecule has 30 heavy (non-hydrogen) atoms. The van der Waals surface area contributed by atoms with Crippen molar-refractivity contribution in [1.29, 1.82) is 0 Å². The number of nitrogens with zero attached hydrogens (tertiary/aromatic N) is 3. The molecule has 0 atom stereocenters.